The van der Waals surface area contributed by atoms with E-state index in [-0.39, 0.29) is 5.91 Å². The van der Waals surface area contributed by atoms with Crippen LogP contribution < -0.4 is 10.2 Å². The molecule has 0 spiro atoms. The van der Waals surface area contributed by atoms with Gasteiger partial charge in [0.25, 0.3) is 5.91 Å². The van der Waals surface area contributed by atoms with Crippen LogP contribution in [0.25, 0.3) is 16.9 Å². The summed E-state index contributed by atoms with van der Waals surface area (Å²) < 4.78 is 1.97. The number of pyridine rings is 1. The second-order valence-electron chi connectivity index (χ2n) is 6.54. The molecule has 0 unspecified atom stereocenters. The summed E-state index contributed by atoms with van der Waals surface area (Å²) in [5, 5.41) is 3.03. The highest BCUT2D eigenvalue weighted by Crippen LogP contribution is 2.28. The summed E-state index contributed by atoms with van der Waals surface area (Å²) in [5.41, 5.74) is 4.91. The molecule has 2 aromatic carbocycles. The Balaban J connectivity index is 1.67. The lowest BCUT2D eigenvalue weighted by Crippen LogP contribution is -2.14. The van der Waals surface area contributed by atoms with E-state index in [1.54, 1.807) is 0 Å². The van der Waals surface area contributed by atoms with Crippen molar-refractivity contribution in [3.05, 3.63) is 84.7 Å². The Bertz CT molecular complexity index is 1080. The highest BCUT2D eigenvalue weighted by Gasteiger charge is 2.13. The number of anilines is 2. The third kappa shape index (κ3) is 3.40. The number of rotatable bonds is 4. The average molecular weight is 356 g/mol. The Kier molecular flexibility index (Phi) is 4.34. The van der Waals surface area contributed by atoms with Crippen molar-refractivity contribution in [3.8, 4) is 11.3 Å². The van der Waals surface area contributed by atoms with Crippen LogP contribution in [-0.2, 0) is 0 Å². The van der Waals surface area contributed by atoms with E-state index in [1.807, 2.05) is 103 Å². The van der Waals surface area contributed by atoms with Crippen LogP contribution in [0, 0.1) is 0 Å². The highest BCUT2D eigenvalue weighted by atomic mass is 16.1. The molecule has 2 aromatic heterocycles. The van der Waals surface area contributed by atoms with Gasteiger partial charge in [0.2, 0.25) is 0 Å². The van der Waals surface area contributed by atoms with Crippen molar-refractivity contribution >= 4 is 22.9 Å². The van der Waals surface area contributed by atoms with E-state index in [0.717, 1.165) is 28.3 Å². The summed E-state index contributed by atoms with van der Waals surface area (Å²) in [5.74, 6) is -0.144. The van der Waals surface area contributed by atoms with Gasteiger partial charge in [0.15, 0.2) is 0 Å². The zero-order chi connectivity index (χ0) is 18.8. The van der Waals surface area contributed by atoms with Crippen molar-refractivity contribution in [2.24, 2.45) is 0 Å². The van der Waals surface area contributed by atoms with Gasteiger partial charge in [0.1, 0.15) is 5.65 Å². The highest BCUT2D eigenvalue weighted by molar-refractivity contribution is 6.06. The molecule has 4 aromatic rings. The van der Waals surface area contributed by atoms with Crippen LogP contribution in [0.4, 0.5) is 11.4 Å². The molecule has 0 atom stereocenters. The number of carbonyl (C=O) groups is 1. The van der Waals surface area contributed by atoms with Crippen LogP contribution in [0.15, 0.2) is 79.1 Å². The molecule has 0 aliphatic carbocycles. The maximum absolute atomic E-state index is 12.8. The summed E-state index contributed by atoms with van der Waals surface area (Å²) in [6.45, 7) is 0. The van der Waals surface area contributed by atoms with E-state index >= 15 is 0 Å². The second-order valence-corrected chi connectivity index (χ2v) is 6.54. The smallest absolute Gasteiger partial charge is 0.255 e. The molecule has 0 bridgehead atoms. The van der Waals surface area contributed by atoms with Gasteiger partial charge < -0.3 is 14.6 Å². The number of hydrogen-bond donors (Lipinski definition) is 1. The number of imidazole rings is 1. The fourth-order valence-corrected chi connectivity index (χ4v) is 3.00. The van der Waals surface area contributed by atoms with Gasteiger partial charge in [-0.3, -0.25) is 4.79 Å². The molecule has 5 heteroatoms. The molecule has 0 aliphatic heterocycles. The number of fused-ring (bicyclic) bond motifs is 1. The first-order valence-corrected chi connectivity index (χ1v) is 8.74. The molecule has 4 rings (SSSR count). The van der Waals surface area contributed by atoms with Gasteiger partial charge in [-0.1, -0.05) is 30.3 Å². The van der Waals surface area contributed by atoms with E-state index in [1.165, 1.54) is 0 Å². The number of para-hydroxylation sites is 1. The van der Waals surface area contributed by atoms with Crippen LogP contribution in [0.2, 0.25) is 0 Å². The Morgan fingerprint density at radius 1 is 1.00 bits per heavy atom. The minimum Gasteiger partial charge on any atom is -0.378 e. The topological polar surface area (TPSA) is 49.6 Å². The molecule has 2 heterocycles. The lowest BCUT2D eigenvalue weighted by Gasteiger charge is -2.14. The van der Waals surface area contributed by atoms with Gasteiger partial charge in [-0.15, -0.1) is 0 Å². The van der Waals surface area contributed by atoms with Crippen LogP contribution in [0.3, 0.4) is 0 Å². The molecule has 0 saturated carbocycles. The lowest BCUT2D eigenvalue weighted by molar-refractivity contribution is 0.102. The van der Waals surface area contributed by atoms with Gasteiger partial charge in [-0.25, -0.2) is 4.98 Å². The van der Waals surface area contributed by atoms with E-state index in [2.05, 4.69) is 10.3 Å². The van der Waals surface area contributed by atoms with Gasteiger partial charge in [0.05, 0.1) is 11.4 Å². The van der Waals surface area contributed by atoms with Gasteiger partial charge in [-0.2, -0.15) is 0 Å². The molecule has 134 valence electrons. The van der Waals surface area contributed by atoms with E-state index in [9.17, 15) is 4.79 Å². The van der Waals surface area contributed by atoms with Gasteiger partial charge in [-0.05, 0) is 36.4 Å². The number of carbonyl (C=O) groups excluding carboxylic acids is 1. The minimum absolute atomic E-state index is 0.144. The molecule has 1 amide bonds. The monoisotopic (exact) mass is 356 g/mol. The summed E-state index contributed by atoms with van der Waals surface area (Å²) in [7, 11) is 3.91. The van der Waals surface area contributed by atoms with E-state index < -0.39 is 0 Å². The number of aromatic nitrogens is 2. The van der Waals surface area contributed by atoms with Gasteiger partial charge >= 0.3 is 0 Å². The Morgan fingerprint density at radius 2 is 1.81 bits per heavy atom. The van der Waals surface area contributed by atoms with Crippen molar-refractivity contribution in [2.75, 3.05) is 24.3 Å². The molecule has 0 fully saturated rings. The summed E-state index contributed by atoms with van der Waals surface area (Å²) in [6, 6.07) is 21.1. The Morgan fingerprint density at radius 3 is 2.63 bits per heavy atom. The van der Waals surface area contributed by atoms with Crippen molar-refractivity contribution in [2.45, 2.75) is 0 Å². The van der Waals surface area contributed by atoms with Crippen LogP contribution in [0.5, 0.6) is 0 Å². The first-order chi connectivity index (χ1) is 13.1. The van der Waals surface area contributed by atoms with Crippen molar-refractivity contribution in [3.63, 3.8) is 0 Å². The molecule has 27 heavy (non-hydrogen) atoms. The van der Waals surface area contributed by atoms with Crippen molar-refractivity contribution in [1.29, 1.82) is 0 Å². The van der Waals surface area contributed by atoms with Crippen molar-refractivity contribution < 1.29 is 4.79 Å². The van der Waals surface area contributed by atoms with Crippen molar-refractivity contribution in [1.82, 2.24) is 9.38 Å². The molecular formula is C22H20N4O. The zero-order valence-electron chi connectivity index (χ0n) is 15.3. The predicted octanol–water partition coefficient (Wildman–Crippen LogP) is 4.32. The number of nitrogens with one attached hydrogen (secondary N) is 1. The van der Waals surface area contributed by atoms with E-state index in [4.69, 9.17) is 0 Å². The van der Waals surface area contributed by atoms with Crippen LogP contribution >= 0.6 is 0 Å². The second kappa shape index (κ2) is 6.96. The molecule has 5 nitrogen and oxygen atoms in total. The maximum atomic E-state index is 12.8. The molecule has 0 aliphatic rings. The molecule has 1 N–H and O–H groups in total. The number of hydrogen-bond acceptors (Lipinski definition) is 3. The molecular weight excluding hydrogens is 336 g/mol. The van der Waals surface area contributed by atoms with E-state index in [0.29, 0.717) is 5.56 Å². The quantitative estimate of drug-likeness (QED) is 0.592. The fourth-order valence-electron chi connectivity index (χ4n) is 3.00. The first kappa shape index (κ1) is 16.8. The Labute approximate surface area is 157 Å². The average Bonchev–Trinajstić information content (AvgIpc) is 3.12. The summed E-state index contributed by atoms with van der Waals surface area (Å²) >= 11 is 0. The first-order valence-electron chi connectivity index (χ1n) is 8.74. The fraction of sp³-hybridized carbons (Fsp3) is 0.0909. The third-order valence-corrected chi connectivity index (χ3v) is 4.44. The predicted molar refractivity (Wildman–Crippen MR) is 109 cm³/mol. The number of nitrogens with zero attached hydrogens (tertiary/aromatic N) is 3. The standard InChI is InChI=1S/C22H20N4O/c1-25(2)17-9-7-8-16(14-17)22(27)24-19-11-4-3-10-18(19)20-15-26-13-6-5-12-21(26)23-20/h3-15H,1-2H3,(H,24,27). The Hall–Kier alpha value is -3.60. The minimum atomic E-state index is -0.144. The van der Waals surface area contributed by atoms with Crippen LogP contribution in [-0.4, -0.2) is 29.4 Å². The SMILES string of the molecule is CN(C)c1cccc(C(=O)Nc2ccccc2-c2cn3ccccc3n2)c1. The number of benzene rings is 2. The van der Waals surface area contributed by atoms with Crippen LogP contribution in [0.1, 0.15) is 10.4 Å². The lowest BCUT2D eigenvalue weighted by atomic mass is 10.1. The number of amides is 1. The molecule has 0 radical (unpaired) electrons. The zero-order valence-corrected chi connectivity index (χ0v) is 15.3. The van der Waals surface area contributed by atoms with Gasteiger partial charge in [0, 0.05) is 43.3 Å². The third-order valence-electron chi connectivity index (χ3n) is 4.44. The maximum Gasteiger partial charge on any atom is 0.255 e. The largest absolute Gasteiger partial charge is 0.378 e. The summed E-state index contributed by atoms with van der Waals surface area (Å²) in [4.78, 5) is 19.4. The molecule has 0 saturated heterocycles. The summed E-state index contributed by atoms with van der Waals surface area (Å²) in [6.07, 6.45) is 3.92. The normalized spacial score (nSPS) is 10.7.